The fraction of sp³-hybridized carbons (Fsp3) is 0.500. The van der Waals surface area contributed by atoms with Crippen LogP contribution < -0.4 is 4.90 Å². The maximum Gasteiger partial charge on any atom is 0.0794 e. The van der Waals surface area contributed by atoms with Crippen molar-refractivity contribution in [3.63, 3.8) is 0 Å². The Morgan fingerprint density at radius 3 is 2.31 bits per heavy atom. The second-order valence-electron chi connectivity index (χ2n) is 4.52. The van der Waals surface area contributed by atoms with Gasteiger partial charge in [-0.15, -0.1) is 0 Å². The summed E-state index contributed by atoms with van der Waals surface area (Å²) in [6, 6.07) is 11.2. The van der Waals surface area contributed by atoms with Gasteiger partial charge in [0.05, 0.1) is 4.99 Å². The largest absolute Gasteiger partial charge is 0.333 e. The molecular formula is C14H19NS. The fourth-order valence-electron chi connectivity index (χ4n) is 2.58. The average molecular weight is 233 g/mol. The van der Waals surface area contributed by atoms with Gasteiger partial charge < -0.3 is 4.90 Å². The van der Waals surface area contributed by atoms with Crippen LogP contribution in [0.2, 0.25) is 0 Å². The van der Waals surface area contributed by atoms with Crippen LogP contribution in [0.4, 0.5) is 5.69 Å². The first kappa shape index (κ1) is 11.6. The molecule has 0 aliphatic heterocycles. The maximum atomic E-state index is 5.41. The molecule has 0 aromatic heterocycles. The van der Waals surface area contributed by atoms with Gasteiger partial charge in [0.1, 0.15) is 0 Å². The standard InChI is InChI=1S/C14H19NS/c1-12(16)15(13-8-4-2-5-9-13)14-10-6-3-7-11-14/h2,4-5,8-9,14H,3,6-7,10-11H2,1H3. The van der Waals surface area contributed by atoms with Crippen LogP contribution in [0, 0.1) is 0 Å². The van der Waals surface area contributed by atoms with Gasteiger partial charge in [-0.2, -0.15) is 0 Å². The summed E-state index contributed by atoms with van der Waals surface area (Å²) in [6.07, 6.45) is 6.63. The third-order valence-electron chi connectivity index (χ3n) is 3.31. The minimum atomic E-state index is 0.619. The highest BCUT2D eigenvalue weighted by Crippen LogP contribution is 2.27. The van der Waals surface area contributed by atoms with E-state index >= 15 is 0 Å². The molecule has 16 heavy (non-hydrogen) atoms. The predicted octanol–water partition coefficient (Wildman–Crippen LogP) is 4.17. The minimum absolute atomic E-state index is 0.619. The summed E-state index contributed by atoms with van der Waals surface area (Å²) in [4.78, 5) is 3.34. The molecule has 0 spiro atoms. The molecule has 1 aromatic carbocycles. The predicted molar refractivity (Wildman–Crippen MR) is 74.1 cm³/mol. The van der Waals surface area contributed by atoms with Crippen molar-refractivity contribution in [3.8, 4) is 0 Å². The van der Waals surface area contributed by atoms with E-state index in [0.717, 1.165) is 4.99 Å². The summed E-state index contributed by atoms with van der Waals surface area (Å²) in [6.45, 7) is 2.04. The van der Waals surface area contributed by atoms with Crippen molar-refractivity contribution in [3.05, 3.63) is 30.3 Å². The number of nitrogens with zero attached hydrogens (tertiary/aromatic N) is 1. The van der Waals surface area contributed by atoms with Crippen LogP contribution in [0.3, 0.4) is 0 Å². The van der Waals surface area contributed by atoms with E-state index in [1.54, 1.807) is 0 Å². The normalized spacial score (nSPS) is 17.1. The van der Waals surface area contributed by atoms with Gasteiger partial charge in [0.2, 0.25) is 0 Å². The van der Waals surface area contributed by atoms with Gasteiger partial charge in [-0.25, -0.2) is 0 Å². The maximum absolute atomic E-state index is 5.41. The summed E-state index contributed by atoms with van der Waals surface area (Å²) in [5.74, 6) is 0. The lowest BCUT2D eigenvalue weighted by atomic mass is 9.94. The summed E-state index contributed by atoms with van der Waals surface area (Å²) in [5, 5.41) is 0. The van der Waals surface area contributed by atoms with Crippen molar-refractivity contribution >= 4 is 22.9 Å². The van der Waals surface area contributed by atoms with Crippen molar-refractivity contribution in [2.45, 2.75) is 45.1 Å². The van der Waals surface area contributed by atoms with Gasteiger partial charge in [-0.1, -0.05) is 49.7 Å². The van der Waals surface area contributed by atoms with E-state index in [2.05, 4.69) is 35.2 Å². The van der Waals surface area contributed by atoms with Crippen molar-refractivity contribution in [2.75, 3.05) is 4.90 Å². The molecule has 0 radical (unpaired) electrons. The van der Waals surface area contributed by atoms with Crippen molar-refractivity contribution in [1.82, 2.24) is 0 Å². The zero-order valence-electron chi connectivity index (χ0n) is 9.86. The lowest BCUT2D eigenvalue weighted by Gasteiger charge is -2.35. The Kier molecular flexibility index (Phi) is 3.94. The highest BCUT2D eigenvalue weighted by atomic mass is 32.1. The van der Waals surface area contributed by atoms with Gasteiger partial charge in [0.25, 0.3) is 0 Å². The SMILES string of the molecule is CC(=S)N(c1ccccc1)C1CCCCC1. The topological polar surface area (TPSA) is 3.24 Å². The highest BCUT2D eigenvalue weighted by molar-refractivity contribution is 7.80. The molecule has 2 rings (SSSR count). The molecule has 0 N–H and O–H groups in total. The molecule has 0 unspecified atom stereocenters. The Balaban J connectivity index is 2.20. The molecule has 0 saturated heterocycles. The van der Waals surface area contributed by atoms with E-state index in [-0.39, 0.29) is 0 Å². The van der Waals surface area contributed by atoms with Crippen LogP contribution in [0.25, 0.3) is 0 Å². The molecule has 1 aliphatic rings. The first-order valence-corrected chi connectivity index (χ1v) is 6.54. The smallest absolute Gasteiger partial charge is 0.0794 e. The molecule has 1 fully saturated rings. The van der Waals surface area contributed by atoms with Crippen LogP contribution in [-0.2, 0) is 0 Å². The van der Waals surface area contributed by atoms with E-state index in [4.69, 9.17) is 12.2 Å². The van der Waals surface area contributed by atoms with Gasteiger partial charge in [0, 0.05) is 11.7 Å². The van der Waals surface area contributed by atoms with Crippen LogP contribution in [0.1, 0.15) is 39.0 Å². The fourth-order valence-corrected chi connectivity index (χ4v) is 2.83. The molecule has 86 valence electrons. The van der Waals surface area contributed by atoms with Gasteiger partial charge in [-0.3, -0.25) is 0 Å². The summed E-state index contributed by atoms with van der Waals surface area (Å²) >= 11 is 5.41. The Morgan fingerprint density at radius 2 is 1.75 bits per heavy atom. The van der Waals surface area contributed by atoms with Gasteiger partial charge in [0.15, 0.2) is 0 Å². The van der Waals surface area contributed by atoms with E-state index < -0.39 is 0 Å². The van der Waals surface area contributed by atoms with E-state index in [1.165, 1.54) is 37.8 Å². The second-order valence-corrected chi connectivity index (χ2v) is 5.11. The number of hydrogen-bond donors (Lipinski definition) is 0. The van der Waals surface area contributed by atoms with Gasteiger partial charge >= 0.3 is 0 Å². The third-order valence-corrected chi connectivity index (χ3v) is 3.51. The molecule has 0 amide bonds. The Hall–Kier alpha value is -0.890. The number of hydrogen-bond acceptors (Lipinski definition) is 1. The average Bonchev–Trinajstić information content (AvgIpc) is 2.31. The van der Waals surface area contributed by atoms with Crippen LogP contribution in [0.15, 0.2) is 30.3 Å². The van der Waals surface area contributed by atoms with Crippen molar-refractivity contribution in [2.24, 2.45) is 0 Å². The lowest BCUT2D eigenvalue weighted by Crippen LogP contribution is -2.39. The molecule has 2 heteroatoms. The number of anilines is 1. The number of thiocarbonyl (C=S) groups is 1. The number of rotatable bonds is 2. The van der Waals surface area contributed by atoms with E-state index in [1.807, 2.05) is 6.92 Å². The first-order chi connectivity index (χ1) is 7.79. The monoisotopic (exact) mass is 233 g/mol. The Bertz CT molecular complexity index is 341. The van der Waals surface area contributed by atoms with Crippen LogP contribution in [-0.4, -0.2) is 11.0 Å². The summed E-state index contributed by atoms with van der Waals surface area (Å²) < 4.78 is 0. The highest BCUT2D eigenvalue weighted by Gasteiger charge is 2.22. The zero-order valence-corrected chi connectivity index (χ0v) is 10.7. The minimum Gasteiger partial charge on any atom is -0.333 e. The number of benzene rings is 1. The molecule has 0 heterocycles. The van der Waals surface area contributed by atoms with Gasteiger partial charge in [-0.05, 0) is 31.9 Å². The van der Waals surface area contributed by atoms with E-state index in [0.29, 0.717) is 6.04 Å². The molecule has 0 bridgehead atoms. The first-order valence-electron chi connectivity index (χ1n) is 6.14. The van der Waals surface area contributed by atoms with Crippen molar-refractivity contribution < 1.29 is 0 Å². The summed E-state index contributed by atoms with van der Waals surface area (Å²) in [7, 11) is 0. The van der Waals surface area contributed by atoms with Crippen LogP contribution >= 0.6 is 12.2 Å². The molecular weight excluding hydrogens is 214 g/mol. The van der Waals surface area contributed by atoms with Crippen molar-refractivity contribution in [1.29, 1.82) is 0 Å². The molecule has 1 nitrogen and oxygen atoms in total. The Labute approximate surface area is 103 Å². The number of para-hydroxylation sites is 1. The zero-order chi connectivity index (χ0) is 11.4. The quantitative estimate of drug-likeness (QED) is 0.705. The summed E-state index contributed by atoms with van der Waals surface area (Å²) in [5.41, 5.74) is 1.25. The lowest BCUT2D eigenvalue weighted by molar-refractivity contribution is 0.441. The molecule has 1 aliphatic carbocycles. The second kappa shape index (κ2) is 5.44. The van der Waals surface area contributed by atoms with Crippen LogP contribution in [0.5, 0.6) is 0 Å². The van der Waals surface area contributed by atoms with E-state index in [9.17, 15) is 0 Å². The third kappa shape index (κ3) is 2.62. The molecule has 1 saturated carbocycles. The molecule has 1 aromatic rings. The Morgan fingerprint density at radius 1 is 1.12 bits per heavy atom. The molecule has 0 atom stereocenters.